The molecule has 0 aliphatic carbocycles. The molecule has 0 N–H and O–H groups in total. The maximum Gasteiger partial charge on any atom is 0.0195 e. The van der Waals surface area contributed by atoms with Crippen molar-refractivity contribution in [2.75, 3.05) is 52.4 Å². The van der Waals surface area contributed by atoms with Crippen LogP contribution in [0.15, 0.2) is 0 Å². The van der Waals surface area contributed by atoms with Crippen LogP contribution >= 0.6 is 0 Å². The molecule has 0 radical (unpaired) electrons. The lowest BCUT2D eigenvalue weighted by molar-refractivity contribution is 0.00248. The second-order valence-corrected chi connectivity index (χ2v) is 11.8. The molecule has 3 aliphatic rings. The molecule has 3 aliphatic heterocycles. The van der Waals surface area contributed by atoms with Gasteiger partial charge in [0.15, 0.2) is 0 Å². The zero-order chi connectivity index (χ0) is 20.5. The molecule has 28 heavy (non-hydrogen) atoms. The number of rotatable bonds is 3. The highest BCUT2D eigenvalue weighted by molar-refractivity contribution is 4.90. The molecule has 0 amide bonds. The van der Waals surface area contributed by atoms with E-state index in [9.17, 15) is 0 Å². The van der Waals surface area contributed by atoms with E-state index in [1.165, 1.54) is 78.0 Å². The number of nitrogens with zero attached hydrogens (tertiary/aromatic N) is 4. The van der Waals surface area contributed by atoms with Gasteiger partial charge in [0.1, 0.15) is 0 Å². The molecule has 0 bridgehead atoms. The molecule has 3 saturated heterocycles. The highest BCUT2D eigenvalue weighted by Crippen LogP contribution is 2.27. The summed E-state index contributed by atoms with van der Waals surface area (Å²) < 4.78 is 0. The molecule has 1 unspecified atom stereocenters. The Kier molecular flexibility index (Phi) is 7.17. The van der Waals surface area contributed by atoms with Gasteiger partial charge in [0, 0.05) is 62.4 Å². The standard InChI is InChI=1S/C24H48N4/c1-20-18-26(22-10-14-28(15-11-22)24(5,6)7)17-16-25(20)19-21-8-12-27(13-9-21)23(2,3)4/h20-22H,8-19H2,1-7H3. The van der Waals surface area contributed by atoms with Gasteiger partial charge in [-0.15, -0.1) is 0 Å². The van der Waals surface area contributed by atoms with E-state index in [0.717, 1.165) is 18.0 Å². The topological polar surface area (TPSA) is 13.0 Å². The Morgan fingerprint density at radius 1 is 0.679 bits per heavy atom. The fraction of sp³-hybridized carbons (Fsp3) is 1.00. The van der Waals surface area contributed by atoms with Crippen LogP contribution in [0.1, 0.15) is 74.1 Å². The number of hydrogen-bond donors (Lipinski definition) is 0. The van der Waals surface area contributed by atoms with Crippen LogP contribution < -0.4 is 0 Å². The van der Waals surface area contributed by atoms with Gasteiger partial charge in [0.25, 0.3) is 0 Å². The molecule has 0 aromatic rings. The van der Waals surface area contributed by atoms with Crippen LogP contribution in [-0.2, 0) is 0 Å². The molecule has 3 fully saturated rings. The smallest absolute Gasteiger partial charge is 0.0195 e. The van der Waals surface area contributed by atoms with E-state index in [1.807, 2.05) is 0 Å². The molecular weight excluding hydrogens is 344 g/mol. The van der Waals surface area contributed by atoms with Crippen LogP contribution in [0, 0.1) is 5.92 Å². The highest BCUT2D eigenvalue weighted by atomic mass is 15.3. The maximum absolute atomic E-state index is 2.82. The van der Waals surface area contributed by atoms with Crippen molar-refractivity contribution in [1.82, 2.24) is 19.6 Å². The van der Waals surface area contributed by atoms with E-state index in [-0.39, 0.29) is 0 Å². The van der Waals surface area contributed by atoms with Crippen LogP contribution in [0.3, 0.4) is 0 Å². The SMILES string of the molecule is CC1CN(C2CCN(C(C)(C)C)CC2)CCN1CC1CCN(C(C)(C)C)CC1. The minimum absolute atomic E-state index is 0.333. The van der Waals surface area contributed by atoms with E-state index in [0.29, 0.717) is 11.1 Å². The van der Waals surface area contributed by atoms with Crippen LogP contribution in [0.25, 0.3) is 0 Å². The van der Waals surface area contributed by atoms with Crippen LogP contribution in [0.5, 0.6) is 0 Å². The van der Waals surface area contributed by atoms with Crippen molar-refractivity contribution in [2.45, 2.75) is 97.3 Å². The largest absolute Gasteiger partial charge is 0.298 e. The summed E-state index contributed by atoms with van der Waals surface area (Å²) in [5, 5.41) is 0. The molecule has 1 atom stereocenters. The summed E-state index contributed by atoms with van der Waals surface area (Å²) in [4.78, 5) is 11.0. The van der Waals surface area contributed by atoms with Crippen molar-refractivity contribution in [2.24, 2.45) is 5.92 Å². The Morgan fingerprint density at radius 3 is 1.64 bits per heavy atom. The van der Waals surface area contributed by atoms with Gasteiger partial charge in [-0.05, 0) is 93.2 Å². The second-order valence-electron chi connectivity index (χ2n) is 11.8. The predicted octanol–water partition coefficient (Wildman–Crippen LogP) is 3.77. The minimum atomic E-state index is 0.333. The third-order valence-corrected chi connectivity index (χ3v) is 7.78. The molecule has 4 nitrogen and oxygen atoms in total. The quantitative estimate of drug-likeness (QED) is 0.725. The van der Waals surface area contributed by atoms with E-state index in [2.05, 4.69) is 68.1 Å². The Hall–Kier alpha value is -0.160. The van der Waals surface area contributed by atoms with E-state index >= 15 is 0 Å². The first-order valence-corrected chi connectivity index (χ1v) is 12.0. The number of piperidine rings is 2. The maximum atomic E-state index is 2.82. The Morgan fingerprint density at radius 2 is 1.18 bits per heavy atom. The molecule has 3 heterocycles. The van der Waals surface area contributed by atoms with Crippen LogP contribution in [0.4, 0.5) is 0 Å². The number of likely N-dealkylation sites (tertiary alicyclic amines) is 2. The molecule has 164 valence electrons. The second kappa shape index (κ2) is 8.91. The van der Waals surface area contributed by atoms with Crippen molar-refractivity contribution in [1.29, 1.82) is 0 Å². The summed E-state index contributed by atoms with van der Waals surface area (Å²) in [6.45, 7) is 26.9. The van der Waals surface area contributed by atoms with E-state index in [4.69, 9.17) is 0 Å². The average Bonchev–Trinajstić information content (AvgIpc) is 2.62. The lowest BCUT2D eigenvalue weighted by atomic mass is 9.91. The zero-order valence-corrected chi connectivity index (χ0v) is 20.0. The fourth-order valence-corrected chi connectivity index (χ4v) is 5.65. The van der Waals surface area contributed by atoms with Gasteiger partial charge in [-0.25, -0.2) is 0 Å². The normalized spacial score (nSPS) is 29.5. The fourth-order valence-electron chi connectivity index (χ4n) is 5.65. The summed E-state index contributed by atoms with van der Waals surface area (Å²) >= 11 is 0. The monoisotopic (exact) mass is 392 g/mol. The first-order valence-electron chi connectivity index (χ1n) is 12.0. The molecule has 4 heteroatoms. The number of hydrogen-bond acceptors (Lipinski definition) is 4. The Bertz CT molecular complexity index is 476. The molecule has 0 aromatic heterocycles. The van der Waals surface area contributed by atoms with Crippen LogP contribution in [-0.4, -0.2) is 95.1 Å². The van der Waals surface area contributed by atoms with Crippen molar-refractivity contribution >= 4 is 0 Å². The van der Waals surface area contributed by atoms with Crippen molar-refractivity contribution in [3.63, 3.8) is 0 Å². The Labute approximate surface area is 175 Å². The van der Waals surface area contributed by atoms with Crippen molar-refractivity contribution in [3.8, 4) is 0 Å². The van der Waals surface area contributed by atoms with E-state index in [1.54, 1.807) is 0 Å². The lowest BCUT2D eigenvalue weighted by Gasteiger charge is -2.48. The van der Waals surface area contributed by atoms with Gasteiger partial charge in [-0.3, -0.25) is 19.6 Å². The average molecular weight is 393 g/mol. The van der Waals surface area contributed by atoms with Crippen LogP contribution in [0.2, 0.25) is 0 Å². The van der Waals surface area contributed by atoms with Gasteiger partial charge in [0.2, 0.25) is 0 Å². The van der Waals surface area contributed by atoms with Gasteiger partial charge in [-0.2, -0.15) is 0 Å². The third kappa shape index (κ3) is 5.71. The van der Waals surface area contributed by atoms with Crippen molar-refractivity contribution < 1.29 is 0 Å². The third-order valence-electron chi connectivity index (χ3n) is 7.78. The molecule has 0 saturated carbocycles. The first kappa shape index (κ1) is 22.5. The first-order chi connectivity index (χ1) is 13.0. The summed E-state index contributed by atoms with van der Waals surface area (Å²) in [5.41, 5.74) is 0.673. The number of piperazine rings is 1. The highest BCUT2D eigenvalue weighted by Gasteiger charge is 2.34. The van der Waals surface area contributed by atoms with Gasteiger partial charge >= 0.3 is 0 Å². The summed E-state index contributed by atoms with van der Waals surface area (Å²) in [6, 6.07) is 1.54. The minimum Gasteiger partial charge on any atom is -0.298 e. The molecule has 3 rings (SSSR count). The predicted molar refractivity (Wildman–Crippen MR) is 121 cm³/mol. The van der Waals surface area contributed by atoms with Gasteiger partial charge in [0.05, 0.1) is 0 Å². The lowest BCUT2D eigenvalue weighted by Crippen LogP contribution is -2.58. The Balaban J connectivity index is 1.41. The van der Waals surface area contributed by atoms with Gasteiger partial charge in [-0.1, -0.05) is 0 Å². The van der Waals surface area contributed by atoms with E-state index < -0.39 is 0 Å². The summed E-state index contributed by atoms with van der Waals surface area (Å²) in [7, 11) is 0. The summed E-state index contributed by atoms with van der Waals surface area (Å²) in [5.74, 6) is 0.905. The van der Waals surface area contributed by atoms with Crippen molar-refractivity contribution in [3.05, 3.63) is 0 Å². The summed E-state index contributed by atoms with van der Waals surface area (Å²) in [6.07, 6.45) is 5.48. The zero-order valence-electron chi connectivity index (χ0n) is 20.0. The molecule has 0 aromatic carbocycles. The molecular formula is C24H48N4. The molecule has 0 spiro atoms. The van der Waals surface area contributed by atoms with Gasteiger partial charge < -0.3 is 0 Å².